The fraction of sp³-hybridized carbons (Fsp3) is 0.600. The maximum absolute atomic E-state index is 5.62. The van der Waals surface area contributed by atoms with E-state index in [2.05, 4.69) is 36.5 Å². The zero-order valence-electron chi connectivity index (χ0n) is 10.9. The Labute approximate surface area is 113 Å². The quantitative estimate of drug-likeness (QED) is 0.902. The van der Waals surface area contributed by atoms with E-state index in [9.17, 15) is 0 Å². The standard InChI is InChI=1S/C15H21NOS/c1-2-17-13-7-12(8-13)16-15-10-18-9-11-5-3-4-6-14(11)15/h3-6,12-13,15-16H,2,7-10H2,1H3. The molecule has 2 nitrogen and oxygen atoms in total. The van der Waals surface area contributed by atoms with Crippen LogP contribution in [0.15, 0.2) is 24.3 Å². The van der Waals surface area contributed by atoms with E-state index in [0.29, 0.717) is 18.2 Å². The Morgan fingerprint density at radius 1 is 1.33 bits per heavy atom. The second kappa shape index (κ2) is 5.64. The Morgan fingerprint density at radius 3 is 3.00 bits per heavy atom. The Balaban J connectivity index is 1.59. The Kier molecular flexibility index (Phi) is 3.92. The predicted octanol–water partition coefficient (Wildman–Crippen LogP) is 3.13. The molecule has 1 aliphatic carbocycles. The summed E-state index contributed by atoms with van der Waals surface area (Å²) in [6.07, 6.45) is 2.85. The first-order valence-electron chi connectivity index (χ1n) is 6.90. The number of nitrogens with one attached hydrogen (secondary N) is 1. The maximum atomic E-state index is 5.62. The molecule has 0 spiro atoms. The van der Waals surface area contributed by atoms with E-state index in [1.54, 1.807) is 0 Å². The minimum absolute atomic E-state index is 0.499. The van der Waals surface area contributed by atoms with Crippen LogP contribution in [0.4, 0.5) is 0 Å². The van der Waals surface area contributed by atoms with Gasteiger partial charge in [0.05, 0.1) is 6.10 Å². The number of hydrogen-bond donors (Lipinski definition) is 1. The number of fused-ring (bicyclic) bond motifs is 1. The van der Waals surface area contributed by atoms with Crippen LogP contribution in [-0.4, -0.2) is 24.5 Å². The van der Waals surface area contributed by atoms with Crippen molar-refractivity contribution in [3.63, 3.8) is 0 Å². The molecule has 2 aliphatic rings. The molecule has 1 saturated carbocycles. The van der Waals surface area contributed by atoms with E-state index < -0.39 is 0 Å². The molecule has 3 heteroatoms. The number of benzene rings is 1. The highest BCUT2D eigenvalue weighted by atomic mass is 32.2. The summed E-state index contributed by atoms with van der Waals surface area (Å²) in [4.78, 5) is 0. The molecule has 0 saturated heterocycles. The molecule has 1 aromatic carbocycles. The lowest BCUT2D eigenvalue weighted by Crippen LogP contribution is -2.47. The third-order valence-electron chi connectivity index (χ3n) is 3.91. The molecule has 1 heterocycles. The second-order valence-corrected chi connectivity index (χ2v) is 6.21. The third kappa shape index (κ3) is 2.58. The van der Waals surface area contributed by atoms with Crippen molar-refractivity contribution in [3.05, 3.63) is 35.4 Å². The molecule has 1 aromatic rings. The summed E-state index contributed by atoms with van der Waals surface area (Å²) in [6, 6.07) is 10.0. The molecule has 0 bridgehead atoms. The fourth-order valence-electron chi connectivity index (χ4n) is 2.88. The van der Waals surface area contributed by atoms with E-state index in [0.717, 1.165) is 6.61 Å². The van der Waals surface area contributed by atoms with Crippen molar-refractivity contribution in [1.29, 1.82) is 0 Å². The van der Waals surface area contributed by atoms with E-state index in [4.69, 9.17) is 4.74 Å². The van der Waals surface area contributed by atoms with Gasteiger partial charge in [-0.1, -0.05) is 24.3 Å². The van der Waals surface area contributed by atoms with Gasteiger partial charge >= 0.3 is 0 Å². The van der Waals surface area contributed by atoms with Gasteiger partial charge in [0.1, 0.15) is 0 Å². The van der Waals surface area contributed by atoms with Crippen LogP contribution in [0.25, 0.3) is 0 Å². The highest BCUT2D eigenvalue weighted by molar-refractivity contribution is 7.98. The predicted molar refractivity (Wildman–Crippen MR) is 76.9 cm³/mol. The molecule has 0 amide bonds. The molecule has 1 aliphatic heterocycles. The normalized spacial score (nSPS) is 30.6. The summed E-state index contributed by atoms with van der Waals surface area (Å²) in [5.41, 5.74) is 3.02. The van der Waals surface area contributed by atoms with Crippen LogP contribution in [-0.2, 0) is 10.5 Å². The van der Waals surface area contributed by atoms with E-state index in [-0.39, 0.29) is 0 Å². The van der Waals surface area contributed by atoms with Gasteiger partial charge in [0.2, 0.25) is 0 Å². The van der Waals surface area contributed by atoms with Gasteiger partial charge < -0.3 is 10.1 Å². The van der Waals surface area contributed by atoms with Gasteiger partial charge in [-0.3, -0.25) is 0 Å². The summed E-state index contributed by atoms with van der Waals surface area (Å²) in [7, 11) is 0. The van der Waals surface area contributed by atoms with Crippen LogP contribution in [0.5, 0.6) is 0 Å². The van der Waals surface area contributed by atoms with Crippen molar-refractivity contribution in [1.82, 2.24) is 5.32 Å². The number of hydrogen-bond acceptors (Lipinski definition) is 3. The zero-order valence-corrected chi connectivity index (χ0v) is 11.7. The number of rotatable bonds is 4. The lowest BCUT2D eigenvalue weighted by molar-refractivity contribution is -0.0119. The van der Waals surface area contributed by atoms with Crippen molar-refractivity contribution < 1.29 is 4.74 Å². The minimum atomic E-state index is 0.499. The molecule has 98 valence electrons. The first-order chi connectivity index (χ1) is 8.86. The third-order valence-corrected chi connectivity index (χ3v) is 4.99. The summed E-state index contributed by atoms with van der Waals surface area (Å²) in [5.74, 6) is 2.37. The van der Waals surface area contributed by atoms with Crippen LogP contribution >= 0.6 is 11.8 Å². The molecule has 1 fully saturated rings. The van der Waals surface area contributed by atoms with Crippen molar-refractivity contribution in [2.75, 3.05) is 12.4 Å². The van der Waals surface area contributed by atoms with Gasteiger partial charge in [0, 0.05) is 30.2 Å². The molecule has 0 radical (unpaired) electrons. The summed E-state index contributed by atoms with van der Waals surface area (Å²) in [5, 5.41) is 3.80. The smallest absolute Gasteiger partial charge is 0.0604 e. The molecule has 0 aromatic heterocycles. The lowest BCUT2D eigenvalue weighted by Gasteiger charge is -2.39. The van der Waals surface area contributed by atoms with Crippen LogP contribution in [0, 0.1) is 0 Å². The Bertz CT molecular complexity index is 403. The van der Waals surface area contributed by atoms with Gasteiger partial charge in [0.25, 0.3) is 0 Å². The Hall–Kier alpha value is -0.510. The largest absolute Gasteiger partial charge is 0.378 e. The monoisotopic (exact) mass is 263 g/mol. The van der Waals surface area contributed by atoms with Crippen molar-refractivity contribution in [2.45, 2.75) is 43.7 Å². The lowest BCUT2D eigenvalue weighted by atomic mass is 9.87. The SMILES string of the molecule is CCOC1CC(NC2CSCc3ccccc32)C1. The first-order valence-corrected chi connectivity index (χ1v) is 8.05. The summed E-state index contributed by atoms with van der Waals surface area (Å²) in [6.45, 7) is 2.92. The molecule has 1 unspecified atom stereocenters. The highest BCUT2D eigenvalue weighted by Crippen LogP contribution is 2.34. The molecule has 1 N–H and O–H groups in total. The van der Waals surface area contributed by atoms with Crippen LogP contribution in [0.1, 0.15) is 36.9 Å². The topological polar surface area (TPSA) is 21.3 Å². The van der Waals surface area contributed by atoms with Gasteiger partial charge in [-0.05, 0) is 30.9 Å². The van der Waals surface area contributed by atoms with Gasteiger partial charge in [0.15, 0.2) is 0 Å². The molecular weight excluding hydrogens is 242 g/mol. The molecule has 1 atom stereocenters. The van der Waals surface area contributed by atoms with Crippen LogP contribution in [0.3, 0.4) is 0 Å². The summed E-state index contributed by atoms with van der Waals surface area (Å²) >= 11 is 2.04. The maximum Gasteiger partial charge on any atom is 0.0604 e. The first kappa shape index (κ1) is 12.5. The van der Waals surface area contributed by atoms with Gasteiger partial charge in [-0.15, -0.1) is 0 Å². The zero-order chi connectivity index (χ0) is 12.4. The van der Waals surface area contributed by atoms with Gasteiger partial charge in [-0.2, -0.15) is 11.8 Å². The van der Waals surface area contributed by atoms with Crippen LogP contribution in [0.2, 0.25) is 0 Å². The average Bonchev–Trinajstić information content (AvgIpc) is 2.37. The molecule has 3 rings (SSSR count). The van der Waals surface area contributed by atoms with E-state index in [1.165, 1.54) is 35.5 Å². The number of ether oxygens (including phenoxy) is 1. The number of thioether (sulfide) groups is 1. The highest BCUT2D eigenvalue weighted by Gasteiger charge is 2.32. The summed E-state index contributed by atoms with van der Waals surface area (Å²) < 4.78 is 5.62. The second-order valence-electron chi connectivity index (χ2n) is 5.18. The van der Waals surface area contributed by atoms with Crippen molar-refractivity contribution in [3.8, 4) is 0 Å². The van der Waals surface area contributed by atoms with E-state index in [1.807, 2.05) is 11.8 Å². The average molecular weight is 263 g/mol. The minimum Gasteiger partial charge on any atom is -0.378 e. The van der Waals surface area contributed by atoms with Crippen molar-refractivity contribution >= 4 is 11.8 Å². The van der Waals surface area contributed by atoms with E-state index >= 15 is 0 Å². The van der Waals surface area contributed by atoms with Crippen molar-refractivity contribution in [2.24, 2.45) is 0 Å². The van der Waals surface area contributed by atoms with Gasteiger partial charge in [-0.25, -0.2) is 0 Å². The molecule has 18 heavy (non-hydrogen) atoms. The molecular formula is C15H21NOS. The van der Waals surface area contributed by atoms with Crippen LogP contribution < -0.4 is 5.32 Å². The Morgan fingerprint density at radius 2 is 2.17 bits per heavy atom. The fourth-order valence-corrected chi connectivity index (χ4v) is 3.99.